The lowest BCUT2D eigenvalue weighted by atomic mass is 10.2. The van der Waals surface area contributed by atoms with Crippen molar-refractivity contribution in [1.29, 1.82) is 0 Å². The van der Waals surface area contributed by atoms with Gasteiger partial charge in [-0.1, -0.05) is 11.6 Å². The van der Waals surface area contributed by atoms with Crippen LogP contribution in [0.4, 0.5) is 0 Å². The second kappa shape index (κ2) is 8.62. The Morgan fingerprint density at radius 2 is 1.80 bits per heavy atom. The van der Waals surface area contributed by atoms with Crippen LogP contribution in [-0.2, 0) is 0 Å². The summed E-state index contributed by atoms with van der Waals surface area (Å²) in [4.78, 5) is 22.0. The lowest BCUT2D eigenvalue weighted by Gasteiger charge is -2.34. The minimum atomic E-state index is 0.0112. The maximum Gasteiger partial charge on any atom is 0.259 e. The van der Waals surface area contributed by atoms with Crippen LogP contribution in [0, 0.1) is 20.8 Å². The van der Waals surface area contributed by atoms with Crippen molar-refractivity contribution >= 4 is 23.2 Å². The average Bonchev–Trinajstić information content (AvgIpc) is 3.05. The Hall–Kier alpha value is -2.64. The third-order valence-electron chi connectivity index (χ3n) is 5.43. The van der Waals surface area contributed by atoms with E-state index >= 15 is 0 Å². The molecule has 1 fully saturated rings. The fraction of sp³-hybridized carbons (Fsp3) is 0.409. The molecule has 0 bridgehead atoms. The Bertz CT molecular complexity index is 1060. The number of rotatable bonds is 5. The molecule has 158 valence electrons. The van der Waals surface area contributed by atoms with E-state index in [1.165, 1.54) is 0 Å². The number of carbonyl (C=O) groups excluding carboxylic acids is 1. The second-order valence-electron chi connectivity index (χ2n) is 7.67. The summed E-state index contributed by atoms with van der Waals surface area (Å²) in [5, 5.41) is 5.23. The minimum absolute atomic E-state index is 0.0112. The van der Waals surface area contributed by atoms with Gasteiger partial charge in [-0.3, -0.25) is 9.69 Å². The van der Waals surface area contributed by atoms with Crippen LogP contribution in [0.15, 0.2) is 30.3 Å². The largest absolute Gasteiger partial charge is 0.492 e. The predicted octanol–water partition coefficient (Wildman–Crippen LogP) is 3.14. The molecule has 2 aromatic heterocycles. The van der Waals surface area contributed by atoms with Gasteiger partial charge in [-0.25, -0.2) is 9.50 Å². The van der Waals surface area contributed by atoms with Crippen molar-refractivity contribution in [3.63, 3.8) is 0 Å². The number of hydrogen-bond donors (Lipinski definition) is 0. The maximum atomic E-state index is 13.2. The Labute approximate surface area is 181 Å². The molecule has 1 aromatic carbocycles. The molecule has 1 saturated heterocycles. The van der Waals surface area contributed by atoms with Crippen LogP contribution in [0.3, 0.4) is 0 Å². The smallest absolute Gasteiger partial charge is 0.259 e. The molecule has 1 aliphatic rings. The minimum Gasteiger partial charge on any atom is -0.492 e. The zero-order valence-corrected chi connectivity index (χ0v) is 18.3. The van der Waals surface area contributed by atoms with Crippen molar-refractivity contribution in [2.45, 2.75) is 20.8 Å². The van der Waals surface area contributed by atoms with Crippen LogP contribution < -0.4 is 4.74 Å². The molecular weight excluding hydrogens is 402 g/mol. The highest BCUT2D eigenvalue weighted by molar-refractivity contribution is 6.30. The fourth-order valence-electron chi connectivity index (χ4n) is 3.83. The summed E-state index contributed by atoms with van der Waals surface area (Å²) in [6.07, 6.45) is 0. The van der Waals surface area contributed by atoms with Gasteiger partial charge in [0.25, 0.3) is 5.91 Å². The molecular formula is C22H26ClN5O2. The van der Waals surface area contributed by atoms with E-state index in [1.807, 2.05) is 56.0 Å². The van der Waals surface area contributed by atoms with Crippen molar-refractivity contribution in [2.75, 3.05) is 39.3 Å². The third-order valence-corrected chi connectivity index (χ3v) is 5.69. The predicted molar refractivity (Wildman–Crippen MR) is 116 cm³/mol. The number of benzene rings is 1. The van der Waals surface area contributed by atoms with Gasteiger partial charge in [0.1, 0.15) is 17.9 Å². The van der Waals surface area contributed by atoms with E-state index in [0.717, 1.165) is 42.5 Å². The van der Waals surface area contributed by atoms with Gasteiger partial charge in [0.2, 0.25) is 0 Å². The van der Waals surface area contributed by atoms with Gasteiger partial charge >= 0.3 is 0 Å². The zero-order valence-electron chi connectivity index (χ0n) is 17.6. The summed E-state index contributed by atoms with van der Waals surface area (Å²) in [5.74, 6) is 0.826. The monoisotopic (exact) mass is 427 g/mol. The van der Waals surface area contributed by atoms with Gasteiger partial charge in [0, 0.05) is 49.1 Å². The first-order valence-corrected chi connectivity index (χ1v) is 10.5. The highest BCUT2D eigenvalue weighted by Gasteiger charge is 2.27. The molecule has 0 N–H and O–H groups in total. The molecule has 3 heterocycles. The van der Waals surface area contributed by atoms with E-state index in [-0.39, 0.29) is 5.91 Å². The molecule has 1 amide bonds. The summed E-state index contributed by atoms with van der Waals surface area (Å²) in [5.41, 5.74) is 3.85. The lowest BCUT2D eigenvalue weighted by molar-refractivity contribution is 0.0621. The molecule has 4 rings (SSSR count). The van der Waals surface area contributed by atoms with Crippen molar-refractivity contribution < 1.29 is 9.53 Å². The number of halogens is 1. The number of hydrogen-bond acceptors (Lipinski definition) is 5. The average molecular weight is 428 g/mol. The van der Waals surface area contributed by atoms with Gasteiger partial charge < -0.3 is 9.64 Å². The summed E-state index contributed by atoms with van der Waals surface area (Å²) < 4.78 is 7.55. The van der Waals surface area contributed by atoms with Crippen LogP contribution in [-0.4, -0.2) is 69.6 Å². The third kappa shape index (κ3) is 4.27. The molecule has 8 heteroatoms. The molecule has 1 aliphatic heterocycles. The summed E-state index contributed by atoms with van der Waals surface area (Å²) in [7, 11) is 0. The van der Waals surface area contributed by atoms with E-state index in [9.17, 15) is 4.79 Å². The van der Waals surface area contributed by atoms with E-state index < -0.39 is 0 Å². The van der Waals surface area contributed by atoms with Gasteiger partial charge in [0.15, 0.2) is 5.65 Å². The number of fused-ring (bicyclic) bond motifs is 1. The highest BCUT2D eigenvalue weighted by Crippen LogP contribution is 2.19. The second-order valence-corrected chi connectivity index (χ2v) is 8.11. The van der Waals surface area contributed by atoms with E-state index in [1.54, 1.807) is 4.52 Å². The Balaban J connectivity index is 1.35. The zero-order chi connectivity index (χ0) is 21.3. The number of aryl methyl sites for hydroxylation is 3. The molecule has 0 saturated carbocycles. The van der Waals surface area contributed by atoms with Crippen LogP contribution in [0.5, 0.6) is 5.75 Å². The standard InChI is InChI=1S/C22H26ClN5O2/c1-15-14-16(2)28-21(24-15)20(17(3)25-28)22(29)27-10-8-26(9-11-27)12-13-30-19-6-4-18(23)5-7-19/h4-7,14H,8-13H2,1-3H3. The van der Waals surface area contributed by atoms with E-state index in [0.29, 0.717) is 35.9 Å². The summed E-state index contributed by atoms with van der Waals surface area (Å²) in [6.45, 7) is 10.2. The molecule has 0 spiro atoms. The highest BCUT2D eigenvalue weighted by atomic mass is 35.5. The Kier molecular flexibility index (Phi) is 5.92. The first-order chi connectivity index (χ1) is 14.4. The van der Waals surface area contributed by atoms with Gasteiger partial charge in [-0.2, -0.15) is 5.10 Å². The molecule has 0 atom stereocenters. The van der Waals surface area contributed by atoms with Crippen molar-refractivity contribution in [3.8, 4) is 5.75 Å². The molecule has 7 nitrogen and oxygen atoms in total. The number of piperazine rings is 1. The normalized spacial score (nSPS) is 15.0. The van der Waals surface area contributed by atoms with Crippen molar-refractivity contribution in [3.05, 3.63) is 58.0 Å². The number of ether oxygens (including phenoxy) is 1. The fourth-order valence-corrected chi connectivity index (χ4v) is 3.96. The number of aromatic nitrogens is 3. The number of amides is 1. The van der Waals surface area contributed by atoms with Gasteiger partial charge in [-0.15, -0.1) is 0 Å². The summed E-state index contributed by atoms with van der Waals surface area (Å²) >= 11 is 5.90. The maximum absolute atomic E-state index is 13.2. The number of carbonyl (C=O) groups is 1. The SMILES string of the molecule is Cc1cc(C)n2nc(C)c(C(=O)N3CCN(CCOc4ccc(Cl)cc4)CC3)c2n1. The van der Waals surface area contributed by atoms with Crippen molar-refractivity contribution in [2.24, 2.45) is 0 Å². The van der Waals surface area contributed by atoms with Crippen LogP contribution in [0.2, 0.25) is 5.02 Å². The molecule has 0 aliphatic carbocycles. The van der Waals surface area contributed by atoms with E-state index in [2.05, 4.69) is 15.0 Å². The topological polar surface area (TPSA) is 63.0 Å². The first kappa shape index (κ1) is 20.6. The van der Waals surface area contributed by atoms with Crippen LogP contribution in [0.1, 0.15) is 27.4 Å². The lowest BCUT2D eigenvalue weighted by Crippen LogP contribution is -2.49. The molecule has 0 radical (unpaired) electrons. The van der Waals surface area contributed by atoms with Gasteiger partial charge in [0.05, 0.1) is 5.69 Å². The number of nitrogens with zero attached hydrogens (tertiary/aromatic N) is 5. The summed E-state index contributed by atoms with van der Waals surface area (Å²) in [6, 6.07) is 9.35. The van der Waals surface area contributed by atoms with E-state index in [4.69, 9.17) is 16.3 Å². The first-order valence-electron chi connectivity index (χ1n) is 10.2. The Morgan fingerprint density at radius 3 is 2.50 bits per heavy atom. The molecule has 30 heavy (non-hydrogen) atoms. The van der Waals surface area contributed by atoms with Crippen molar-refractivity contribution in [1.82, 2.24) is 24.4 Å². The van der Waals surface area contributed by atoms with Crippen LogP contribution >= 0.6 is 11.6 Å². The Morgan fingerprint density at radius 1 is 1.10 bits per heavy atom. The van der Waals surface area contributed by atoms with Crippen LogP contribution in [0.25, 0.3) is 5.65 Å². The molecule has 3 aromatic rings. The van der Waals surface area contributed by atoms with Gasteiger partial charge in [-0.05, 0) is 51.1 Å². The molecule has 0 unspecified atom stereocenters. The quantitative estimate of drug-likeness (QED) is 0.626.